The number of nitrogens with zero attached hydrogens (tertiary/aromatic N) is 6. The number of anilines is 2. The molecule has 5 heterocycles. The molecule has 2 fully saturated rings. The zero-order valence-corrected chi connectivity index (χ0v) is 21.2. The Hall–Kier alpha value is -3.44. The molecule has 8 heteroatoms. The summed E-state index contributed by atoms with van der Waals surface area (Å²) in [7, 11) is 0. The van der Waals surface area contributed by atoms with Gasteiger partial charge in [-0.3, -0.25) is 4.79 Å². The molecule has 5 rings (SSSR count). The van der Waals surface area contributed by atoms with Gasteiger partial charge in [-0.05, 0) is 64.2 Å². The number of rotatable bonds is 7. The summed E-state index contributed by atoms with van der Waals surface area (Å²) >= 11 is 0. The molecular weight excluding hydrogens is 452 g/mol. The molecule has 2 aliphatic heterocycles. The maximum absolute atomic E-state index is 12.6. The second kappa shape index (κ2) is 9.90. The van der Waals surface area contributed by atoms with Gasteiger partial charge in [-0.25, -0.2) is 9.50 Å². The van der Waals surface area contributed by atoms with Crippen LogP contribution in [-0.4, -0.2) is 57.3 Å². The van der Waals surface area contributed by atoms with Crippen molar-refractivity contribution < 1.29 is 9.90 Å². The van der Waals surface area contributed by atoms with Gasteiger partial charge in [-0.2, -0.15) is 10.4 Å². The lowest BCUT2D eigenvalue weighted by atomic mass is 9.88. The van der Waals surface area contributed by atoms with Crippen LogP contribution in [0, 0.1) is 17.2 Å². The van der Waals surface area contributed by atoms with E-state index in [0.29, 0.717) is 18.4 Å². The lowest BCUT2D eigenvalue weighted by Crippen LogP contribution is -2.37. The number of aliphatic hydroxyl groups is 1. The number of carbonyl (C=O) groups is 1. The van der Waals surface area contributed by atoms with Crippen LogP contribution in [0.4, 0.5) is 11.5 Å². The first-order chi connectivity index (χ1) is 17.3. The molecule has 36 heavy (non-hydrogen) atoms. The molecule has 0 aliphatic carbocycles. The summed E-state index contributed by atoms with van der Waals surface area (Å²) in [5, 5.41) is 24.0. The topological polar surface area (TPSA) is 97.8 Å². The SMILES string of the molecule is CC(C)(O)CCC(=O)C1CCN(c2ccc(-c3cc(N4CCCC4)cn4ncc(C#N)c34)cn2)CC1. The van der Waals surface area contributed by atoms with Crippen LogP contribution < -0.4 is 9.80 Å². The van der Waals surface area contributed by atoms with Crippen molar-refractivity contribution in [3.8, 4) is 17.2 Å². The van der Waals surface area contributed by atoms with E-state index in [0.717, 1.165) is 67.2 Å². The highest BCUT2D eigenvalue weighted by molar-refractivity contribution is 5.86. The Morgan fingerprint density at radius 2 is 1.89 bits per heavy atom. The van der Waals surface area contributed by atoms with Crippen molar-refractivity contribution >= 4 is 22.8 Å². The number of ketones is 1. The van der Waals surface area contributed by atoms with Crippen LogP contribution in [0.15, 0.2) is 36.8 Å². The molecular formula is C28H34N6O2. The van der Waals surface area contributed by atoms with E-state index in [9.17, 15) is 15.2 Å². The Balaban J connectivity index is 1.33. The Bertz CT molecular complexity index is 1270. The van der Waals surface area contributed by atoms with E-state index in [1.54, 1.807) is 20.0 Å². The molecule has 8 nitrogen and oxygen atoms in total. The number of pyridine rings is 2. The van der Waals surface area contributed by atoms with Crippen LogP contribution in [0.5, 0.6) is 0 Å². The minimum absolute atomic E-state index is 0.0655. The third-order valence-corrected chi connectivity index (χ3v) is 7.51. The largest absolute Gasteiger partial charge is 0.390 e. The highest BCUT2D eigenvalue weighted by Crippen LogP contribution is 2.33. The van der Waals surface area contributed by atoms with Gasteiger partial charge in [0.15, 0.2) is 0 Å². The van der Waals surface area contributed by atoms with Crippen LogP contribution in [-0.2, 0) is 4.79 Å². The molecule has 0 amide bonds. The summed E-state index contributed by atoms with van der Waals surface area (Å²) in [4.78, 5) is 21.9. The summed E-state index contributed by atoms with van der Waals surface area (Å²) in [5.41, 5.74) is 3.59. The van der Waals surface area contributed by atoms with E-state index in [2.05, 4.69) is 33.1 Å². The number of piperidine rings is 1. The Morgan fingerprint density at radius 3 is 2.53 bits per heavy atom. The Kier molecular flexibility index (Phi) is 6.67. The van der Waals surface area contributed by atoms with E-state index in [1.165, 1.54) is 12.8 Å². The number of hydrogen-bond donors (Lipinski definition) is 1. The number of fused-ring (bicyclic) bond motifs is 1. The van der Waals surface area contributed by atoms with Crippen molar-refractivity contribution in [3.63, 3.8) is 0 Å². The van der Waals surface area contributed by atoms with Gasteiger partial charge in [-0.1, -0.05) is 0 Å². The predicted molar refractivity (Wildman–Crippen MR) is 140 cm³/mol. The number of aromatic nitrogens is 3. The number of hydrogen-bond acceptors (Lipinski definition) is 7. The first kappa shape index (κ1) is 24.3. The molecule has 0 atom stereocenters. The van der Waals surface area contributed by atoms with Crippen molar-refractivity contribution in [2.45, 2.75) is 58.0 Å². The summed E-state index contributed by atoms with van der Waals surface area (Å²) in [6, 6.07) is 8.54. The van der Waals surface area contributed by atoms with Crippen molar-refractivity contribution in [3.05, 3.63) is 42.4 Å². The molecule has 3 aromatic rings. The fraction of sp³-hybridized carbons (Fsp3) is 0.500. The average Bonchev–Trinajstić information content (AvgIpc) is 3.57. The van der Waals surface area contributed by atoms with Gasteiger partial charge in [0.1, 0.15) is 17.7 Å². The highest BCUT2D eigenvalue weighted by Gasteiger charge is 2.27. The molecule has 0 saturated carbocycles. The van der Waals surface area contributed by atoms with Gasteiger partial charge in [0, 0.05) is 55.8 Å². The fourth-order valence-electron chi connectivity index (χ4n) is 5.35. The normalized spacial score (nSPS) is 17.1. The number of nitriles is 1. The van der Waals surface area contributed by atoms with Gasteiger partial charge >= 0.3 is 0 Å². The Labute approximate surface area is 212 Å². The van der Waals surface area contributed by atoms with Gasteiger partial charge in [-0.15, -0.1) is 0 Å². The van der Waals surface area contributed by atoms with Crippen LogP contribution >= 0.6 is 0 Å². The monoisotopic (exact) mass is 486 g/mol. The maximum atomic E-state index is 12.6. The fourth-order valence-corrected chi connectivity index (χ4v) is 5.35. The van der Waals surface area contributed by atoms with Crippen LogP contribution in [0.1, 0.15) is 57.9 Å². The molecule has 0 spiro atoms. The van der Waals surface area contributed by atoms with E-state index in [1.807, 2.05) is 23.0 Å². The molecule has 2 aliphatic rings. The summed E-state index contributed by atoms with van der Waals surface area (Å²) in [5.74, 6) is 1.23. The first-order valence-corrected chi connectivity index (χ1v) is 13.0. The highest BCUT2D eigenvalue weighted by atomic mass is 16.3. The third kappa shape index (κ3) is 5.07. The molecule has 188 valence electrons. The van der Waals surface area contributed by atoms with Gasteiger partial charge in [0.05, 0.1) is 34.8 Å². The Morgan fingerprint density at radius 1 is 1.14 bits per heavy atom. The van der Waals surface area contributed by atoms with E-state index < -0.39 is 5.60 Å². The van der Waals surface area contributed by atoms with Crippen molar-refractivity contribution in [2.75, 3.05) is 36.0 Å². The summed E-state index contributed by atoms with van der Waals surface area (Å²) in [6.07, 6.45) is 10.5. The summed E-state index contributed by atoms with van der Waals surface area (Å²) in [6.45, 7) is 7.15. The van der Waals surface area contributed by atoms with Gasteiger partial charge in [0.25, 0.3) is 0 Å². The predicted octanol–water partition coefficient (Wildman–Crippen LogP) is 4.20. The van der Waals surface area contributed by atoms with Gasteiger partial charge in [0.2, 0.25) is 0 Å². The lowest BCUT2D eigenvalue weighted by Gasteiger charge is -2.32. The minimum Gasteiger partial charge on any atom is -0.390 e. The van der Waals surface area contributed by atoms with Crippen molar-refractivity contribution in [2.24, 2.45) is 5.92 Å². The zero-order chi connectivity index (χ0) is 25.3. The maximum Gasteiger partial charge on any atom is 0.136 e. The molecule has 2 saturated heterocycles. The van der Waals surface area contributed by atoms with E-state index in [4.69, 9.17) is 4.98 Å². The quantitative estimate of drug-likeness (QED) is 0.534. The smallest absolute Gasteiger partial charge is 0.136 e. The van der Waals surface area contributed by atoms with Gasteiger partial charge < -0.3 is 14.9 Å². The molecule has 1 N–H and O–H groups in total. The van der Waals surface area contributed by atoms with E-state index >= 15 is 0 Å². The molecule has 0 aromatic carbocycles. The van der Waals surface area contributed by atoms with Crippen LogP contribution in [0.2, 0.25) is 0 Å². The molecule has 0 radical (unpaired) electrons. The second-order valence-electron chi connectivity index (χ2n) is 10.7. The molecule has 3 aromatic heterocycles. The van der Waals surface area contributed by atoms with E-state index in [-0.39, 0.29) is 11.7 Å². The van der Waals surface area contributed by atoms with Crippen molar-refractivity contribution in [1.29, 1.82) is 5.26 Å². The third-order valence-electron chi connectivity index (χ3n) is 7.51. The molecule has 0 bridgehead atoms. The van der Waals surface area contributed by atoms with Crippen LogP contribution in [0.25, 0.3) is 16.6 Å². The zero-order valence-electron chi connectivity index (χ0n) is 21.2. The van der Waals surface area contributed by atoms with Crippen molar-refractivity contribution in [1.82, 2.24) is 14.6 Å². The lowest BCUT2D eigenvalue weighted by molar-refractivity contribution is -0.124. The number of Topliss-reactive ketones (excluding diaryl/α,β-unsaturated/α-hetero) is 1. The summed E-state index contributed by atoms with van der Waals surface area (Å²) < 4.78 is 1.81. The van der Waals surface area contributed by atoms with Crippen LogP contribution in [0.3, 0.4) is 0 Å². The first-order valence-electron chi connectivity index (χ1n) is 13.0. The molecule has 0 unspecified atom stereocenters. The minimum atomic E-state index is -0.799. The second-order valence-corrected chi connectivity index (χ2v) is 10.7. The number of carbonyl (C=O) groups excluding carboxylic acids is 1. The standard InChI is InChI=1S/C28H34N6O2/c1-28(2,36)10-7-25(35)20-8-13-33(14-9-20)26-6-5-21(17-30-26)24-15-23(32-11-3-4-12-32)19-34-27(24)22(16-29)18-31-34/h5-6,15,17-20,36H,3-4,7-14H2,1-2H3. The average molecular weight is 487 g/mol.